The first-order valence-electron chi connectivity index (χ1n) is 9.69. The predicted molar refractivity (Wildman–Crippen MR) is 115 cm³/mol. The zero-order chi connectivity index (χ0) is 20.8. The van der Waals surface area contributed by atoms with Crippen molar-refractivity contribution in [2.75, 3.05) is 26.4 Å². The maximum atomic E-state index is 11.5. The predicted octanol–water partition coefficient (Wildman–Crippen LogP) is 2.58. The second-order valence-electron chi connectivity index (χ2n) is 6.07. The molecule has 158 valence electrons. The van der Waals surface area contributed by atoms with Crippen molar-refractivity contribution in [1.82, 2.24) is 10.6 Å². The van der Waals surface area contributed by atoms with Gasteiger partial charge in [0.15, 0.2) is 5.11 Å². The van der Waals surface area contributed by atoms with E-state index in [0.29, 0.717) is 43.9 Å². The van der Waals surface area contributed by atoms with Crippen LogP contribution in [0.15, 0.2) is 30.3 Å². The van der Waals surface area contributed by atoms with Gasteiger partial charge in [0, 0.05) is 38.8 Å². The monoisotopic (exact) mass is 428 g/mol. The third kappa shape index (κ3) is 9.11. The van der Waals surface area contributed by atoms with Crippen LogP contribution in [0.3, 0.4) is 0 Å². The van der Waals surface area contributed by atoms with Crippen molar-refractivity contribution in [3.8, 4) is 0 Å². The zero-order valence-electron chi connectivity index (χ0n) is 16.9. The van der Waals surface area contributed by atoms with E-state index in [1.165, 1.54) is 0 Å². The van der Waals surface area contributed by atoms with Gasteiger partial charge < -0.3 is 29.0 Å². The highest BCUT2D eigenvalue weighted by Gasteiger charge is 2.39. The molecular formula is C19H32N2O5SSi. The largest absolute Gasteiger partial charge is 0.500 e. The van der Waals surface area contributed by atoms with Crippen LogP contribution in [0.5, 0.6) is 0 Å². The minimum atomic E-state index is -2.67. The van der Waals surface area contributed by atoms with Crippen molar-refractivity contribution in [1.29, 1.82) is 0 Å². The van der Waals surface area contributed by atoms with E-state index in [-0.39, 0.29) is 0 Å². The summed E-state index contributed by atoms with van der Waals surface area (Å²) in [5.41, 5.74) is 0.936. The summed E-state index contributed by atoms with van der Waals surface area (Å²) >= 11 is 5.26. The Kier molecular flexibility index (Phi) is 11.9. The van der Waals surface area contributed by atoms with Gasteiger partial charge in [-0.2, -0.15) is 0 Å². The minimum Gasteiger partial charge on any atom is -0.480 e. The number of aliphatic carboxylic acids is 1. The van der Waals surface area contributed by atoms with E-state index in [1.807, 2.05) is 51.1 Å². The van der Waals surface area contributed by atoms with Crippen LogP contribution in [0.25, 0.3) is 0 Å². The van der Waals surface area contributed by atoms with Gasteiger partial charge in [0.1, 0.15) is 6.04 Å². The van der Waals surface area contributed by atoms with Crippen LogP contribution in [0, 0.1) is 0 Å². The number of benzene rings is 1. The van der Waals surface area contributed by atoms with Gasteiger partial charge in [-0.15, -0.1) is 0 Å². The lowest BCUT2D eigenvalue weighted by molar-refractivity contribution is -0.139. The van der Waals surface area contributed by atoms with Gasteiger partial charge in [-0.1, -0.05) is 30.3 Å². The normalized spacial score (nSPS) is 12.4. The summed E-state index contributed by atoms with van der Waals surface area (Å²) in [6, 6.07) is 9.35. The fraction of sp³-hybridized carbons (Fsp3) is 0.579. The van der Waals surface area contributed by atoms with E-state index in [0.717, 1.165) is 12.0 Å². The van der Waals surface area contributed by atoms with Crippen molar-refractivity contribution in [3.05, 3.63) is 35.9 Å². The highest BCUT2D eigenvalue weighted by atomic mass is 32.1. The maximum absolute atomic E-state index is 11.5. The number of thiocarbonyl (C=S) groups is 1. The molecule has 0 fully saturated rings. The number of carboxylic acid groups (broad SMARTS) is 1. The number of hydrogen-bond donors (Lipinski definition) is 3. The van der Waals surface area contributed by atoms with Gasteiger partial charge >= 0.3 is 14.8 Å². The highest BCUT2D eigenvalue weighted by Crippen LogP contribution is 2.17. The second-order valence-corrected chi connectivity index (χ2v) is 9.21. The Morgan fingerprint density at radius 2 is 1.68 bits per heavy atom. The van der Waals surface area contributed by atoms with Crippen LogP contribution in [0.4, 0.5) is 0 Å². The van der Waals surface area contributed by atoms with Crippen LogP contribution in [0.2, 0.25) is 6.04 Å². The first kappa shape index (κ1) is 24.5. The first-order chi connectivity index (χ1) is 13.5. The molecule has 28 heavy (non-hydrogen) atoms. The van der Waals surface area contributed by atoms with Gasteiger partial charge in [0.05, 0.1) is 0 Å². The number of carboxylic acids is 1. The lowest BCUT2D eigenvalue weighted by Crippen LogP contribution is -2.48. The molecule has 3 N–H and O–H groups in total. The Labute approximate surface area is 174 Å². The van der Waals surface area contributed by atoms with Crippen LogP contribution in [-0.4, -0.2) is 57.4 Å². The van der Waals surface area contributed by atoms with Crippen molar-refractivity contribution < 1.29 is 23.2 Å². The molecule has 0 saturated carbocycles. The van der Waals surface area contributed by atoms with Gasteiger partial charge in [0.2, 0.25) is 0 Å². The molecule has 0 aliphatic heterocycles. The van der Waals surface area contributed by atoms with Crippen LogP contribution in [-0.2, 0) is 24.5 Å². The molecule has 7 nitrogen and oxygen atoms in total. The second kappa shape index (κ2) is 13.6. The van der Waals surface area contributed by atoms with Gasteiger partial charge in [-0.3, -0.25) is 0 Å². The van der Waals surface area contributed by atoms with E-state index < -0.39 is 20.8 Å². The van der Waals surface area contributed by atoms with Crippen LogP contribution in [0.1, 0.15) is 32.8 Å². The average molecular weight is 429 g/mol. The van der Waals surface area contributed by atoms with Crippen LogP contribution >= 0.6 is 12.2 Å². The van der Waals surface area contributed by atoms with E-state index in [4.69, 9.17) is 25.5 Å². The van der Waals surface area contributed by atoms with Crippen molar-refractivity contribution in [3.63, 3.8) is 0 Å². The Bertz CT molecular complexity index is 574. The minimum absolute atomic E-state index is 0.319. The Morgan fingerprint density at radius 3 is 2.18 bits per heavy atom. The Morgan fingerprint density at radius 1 is 1.11 bits per heavy atom. The molecule has 1 unspecified atom stereocenters. The molecule has 1 aromatic carbocycles. The summed E-state index contributed by atoms with van der Waals surface area (Å²) in [6.45, 7) is 7.98. The van der Waals surface area contributed by atoms with Crippen molar-refractivity contribution in [2.45, 2.75) is 45.7 Å². The summed E-state index contributed by atoms with van der Waals surface area (Å²) < 4.78 is 17.5. The van der Waals surface area contributed by atoms with Crippen molar-refractivity contribution >= 4 is 32.1 Å². The Balaban J connectivity index is 2.47. The van der Waals surface area contributed by atoms with Gasteiger partial charge in [-0.05, 0) is 45.0 Å². The molecule has 0 spiro atoms. The molecule has 0 aromatic heterocycles. The summed E-state index contributed by atoms with van der Waals surface area (Å²) in [6.07, 6.45) is 1.09. The lowest BCUT2D eigenvalue weighted by atomic mass is 10.1. The Hall–Kier alpha value is -1.52. The molecule has 1 aromatic rings. The highest BCUT2D eigenvalue weighted by molar-refractivity contribution is 7.80. The summed E-state index contributed by atoms with van der Waals surface area (Å²) in [5.74, 6) is -0.941. The fourth-order valence-corrected chi connectivity index (χ4v) is 5.62. The van der Waals surface area contributed by atoms with E-state index in [1.54, 1.807) is 0 Å². The molecule has 0 saturated heterocycles. The van der Waals surface area contributed by atoms with Gasteiger partial charge in [0.25, 0.3) is 0 Å². The summed E-state index contributed by atoms with van der Waals surface area (Å²) in [7, 11) is -2.67. The molecule has 1 rings (SSSR count). The summed E-state index contributed by atoms with van der Waals surface area (Å²) in [4.78, 5) is 11.5. The molecule has 1 atom stereocenters. The number of carbonyl (C=O) groups is 1. The van der Waals surface area contributed by atoms with E-state index >= 15 is 0 Å². The third-order valence-electron chi connectivity index (χ3n) is 3.92. The molecular weight excluding hydrogens is 396 g/mol. The zero-order valence-corrected chi connectivity index (χ0v) is 18.7. The van der Waals surface area contributed by atoms with E-state index in [9.17, 15) is 9.90 Å². The SMILES string of the molecule is CCO[Si](CCCNC(=S)NC(Cc1ccccc1)C(=O)O)(OCC)OCC. The summed E-state index contributed by atoms with van der Waals surface area (Å²) in [5, 5.41) is 15.7. The topological polar surface area (TPSA) is 89.1 Å². The van der Waals surface area contributed by atoms with E-state index in [2.05, 4.69) is 10.6 Å². The number of hydrogen-bond acceptors (Lipinski definition) is 5. The van der Waals surface area contributed by atoms with Crippen LogP contribution < -0.4 is 10.6 Å². The standard InChI is InChI=1S/C19H32N2O5SSi/c1-4-24-28(25-5-2,26-6-3)14-10-13-20-19(27)21-17(18(22)23)15-16-11-8-7-9-12-16/h7-9,11-12,17H,4-6,10,13-15H2,1-3H3,(H,22,23)(H2,20,21,27). The number of rotatable bonds is 14. The molecule has 0 heterocycles. The molecule has 9 heteroatoms. The smallest absolute Gasteiger partial charge is 0.480 e. The third-order valence-corrected chi connectivity index (χ3v) is 7.34. The molecule has 0 radical (unpaired) electrons. The quantitative estimate of drug-likeness (QED) is 0.237. The molecule has 0 bridgehead atoms. The number of nitrogens with one attached hydrogen (secondary N) is 2. The first-order valence-corrected chi connectivity index (χ1v) is 12.0. The van der Waals surface area contributed by atoms with Gasteiger partial charge in [-0.25, -0.2) is 4.79 Å². The van der Waals surface area contributed by atoms with Crippen molar-refractivity contribution in [2.24, 2.45) is 0 Å². The fourth-order valence-electron chi connectivity index (χ4n) is 2.77. The molecule has 0 aliphatic rings. The lowest BCUT2D eigenvalue weighted by Gasteiger charge is -2.28. The maximum Gasteiger partial charge on any atom is 0.500 e. The molecule has 0 amide bonds. The average Bonchev–Trinajstić information content (AvgIpc) is 2.66. The molecule has 0 aliphatic carbocycles.